The Kier molecular flexibility index (Phi) is 8.13. The number of rotatable bonds is 8. The molecule has 0 aliphatic heterocycles. The molecule has 1 fully saturated rings. The minimum atomic E-state index is -0.892. The van der Waals surface area contributed by atoms with Crippen LogP contribution in [0, 0.1) is 11.8 Å². The van der Waals surface area contributed by atoms with E-state index in [0.29, 0.717) is 0 Å². The van der Waals surface area contributed by atoms with E-state index in [0.717, 1.165) is 25.7 Å². The normalized spacial score (nSPS) is 15.8. The highest BCUT2D eigenvalue weighted by Crippen LogP contribution is 2.20. The van der Waals surface area contributed by atoms with Crippen LogP contribution in [0.25, 0.3) is 5.53 Å². The molecule has 0 N–H and O–H groups in total. The fourth-order valence-corrected chi connectivity index (χ4v) is 2.93. The van der Waals surface area contributed by atoms with Crippen LogP contribution in [0.5, 0.6) is 0 Å². The van der Waals surface area contributed by atoms with Crippen molar-refractivity contribution in [3.05, 3.63) is 5.53 Å². The van der Waals surface area contributed by atoms with Crippen LogP contribution >= 0.6 is 0 Å². The largest absolute Gasteiger partial charge is 0.453 e. The molecule has 0 aromatic carbocycles. The van der Waals surface area contributed by atoms with Crippen molar-refractivity contribution in [2.24, 2.45) is 11.8 Å². The van der Waals surface area contributed by atoms with Crippen LogP contribution in [0.2, 0.25) is 0 Å². The van der Waals surface area contributed by atoms with Gasteiger partial charge in [-0.1, -0.05) is 47.0 Å². The van der Waals surface area contributed by atoms with Gasteiger partial charge in [0.15, 0.2) is 0 Å². The van der Waals surface area contributed by atoms with E-state index < -0.39 is 17.5 Å². The van der Waals surface area contributed by atoms with Gasteiger partial charge in [-0.05, 0) is 24.7 Å². The molecule has 0 saturated heterocycles. The van der Waals surface area contributed by atoms with Gasteiger partial charge in [0.1, 0.15) is 12.7 Å². The van der Waals surface area contributed by atoms with Gasteiger partial charge in [-0.3, -0.25) is 4.79 Å². The van der Waals surface area contributed by atoms with E-state index in [-0.39, 0.29) is 30.7 Å². The lowest BCUT2D eigenvalue weighted by Crippen LogP contribution is -2.37. The van der Waals surface area contributed by atoms with Crippen molar-refractivity contribution in [2.45, 2.75) is 72.0 Å². The van der Waals surface area contributed by atoms with Crippen LogP contribution in [0.4, 0.5) is 0 Å². The van der Waals surface area contributed by atoms with E-state index in [1.807, 2.05) is 27.7 Å². The molecule has 0 amide bonds. The van der Waals surface area contributed by atoms with Crippen LogP contribution in [0.1, 0.15) is 59.8 Å². The number of Topliss-reactive ketones (excluding diaryl/α,β-unsaturated/α-hetero) is 1. The summed E-state index contributed by atoms with van der Waals surface area (Å²) in [4.78, 5) is 27.0. The van der Waals surface area contributed by atoms with Gasteiger partial charge < -0.3 is 15.0 Å². The van der Waals surface area contributed by atoms with E-state index in [4.69, 9.17) is 15.0 Å². The maximum atomic E-state index is 12.1. The second kappa shape index (κ2) is 9.58. The van der Waals surface area contributed by atoms with E-state index in [1.165, 1.54) is 6.42 Å². The first kappa shape index (κ1) is 19.5. The summed E-state index contributed by atoms with van der Waals surface area (Å²) in [6, 6.07) is 0. The summed E-state index contributed by atoms with van der Waals surface area (Å²) in [5.74, 6) is -1.33. The zero-order valence-corrected chi connectivity index (χ0v) is 14.6. The lowest BCUT2D eigenvalue weighted by molar-refractivity contribution is -0.152. The number of hydrogen-bond donors (Lipinski definition) is 0. The molecule has 0 aromatic heterocycles. The summed E-state index contributed by atoms with van der Waals surface area (Å²) in [6.45, 7) is 7.47. The summed E-state index contributed by atoms with van der Waals surface area (Å²) >= 11 is 0. The zero-order chi connectivity index (χ0) is 17.4. The summed E-state index contributed by atoms with van der Waals surface area (Å²) in [7, 11) is 0. The molecule has 0 spiro atoms. The maximum absolute atomic E-state index is 12.1. The summed E-state index contributed by atoms with van der Waals surface area (Å²) in [6.07, 6.45) is 4.92. The van der Waals surface area contributed by atoms with Crippen molar-refractivity contribution in [3.63, 3.8) is 0 Å². The van der Waals surface area contributed by atoms with Crippen LogP contribution in [0.3, 0.4) is 0 Å². The monoisotopic (exact) mass is 324 g/mol. The smallest absolute Gasteiger partial charge is 0.443 e. The first-order valence-corrected chi connectivity index (χ1v) is 8.44. The summed E-state index contributed by atoms with van der Waals surface area (Å²) < 4.78 is 10.9. The highest BCUT2D eigenvalue weighted by atomic mass is 16.5. The Morgan fingerprint density at radius 3 is 2.13 bits per heavy atom. The second-order valence-corrected chi connectivity index (χ2v) is 6.80. The minimum absolute atomic E-state index is 0.0442. The number of carbonyl (C=O) groups is 2. The molecule has 6 heteroatoms. The molecule has 0 bridgehead atoms. The number of nitrogens with zero attached hydrogens (tertiary/aromatic N) is 2. The molecule has 0 unspecified atom stereocenters. The molecule has 6 nitrogen and oxygen atoms in total. The third-order valence-electron chi connectivity index (χ3n) is 4.12. The molecule has 1 rings (SSSR count). The Bertz CT molecular complexity index is 453. The second-order valence-electron chi connectivity index (χ2n) is 6.80. The summed E-state index contributed by atoms with van der Waals surface area (Å²) in [5, 5.41) is 0. The molecular formula is C17H28N2O4. The number of esters is 1. The number of ether oxygens (including phenoxy) is 2. The Balaban J connectivity index is 2.58. The molecule has 130 valence electrons. The van der Waals surface area contributed by atoms with Crippen LogP contribution in [0.15, 0.2) is 0 Å². The SMILES string of the molecule is CC(C)C(OC(=O)C(=[N+]=[N-])C(=O)COC1CCCCC1)C(C)C. The third kappa shape index (κ3) is 6.24. The van der Waals surface area contributed by atoms with Crippen LogP contribution in [-0.4, -0.2) is 41.1 Å². The average Bonchev–Trinajstić information content (AvgIpc) is 2.51. The molecule has 0 radical (unpaired) electrons. The molecule has 1 aliphatic carbocycles. The average molecular weight is 324 g/mol. The third-order valence-corrected chi connectivity index (χ3v) is 4.12. The number of hydrogen-bond acceptors (Lipinski definition) is 4. The van der Waals surface area contributed by atoms with Crippen molar-refractivity contribution in [3.8, 4) is 0 Å². The molecule has 0 aromatic rings. The standard InChI is InChI=1S/C17H28N2O4/c1-11(2)16(12(3)4)23-17(21)15(19-18)14(20)10-22-13-8-6-5-7-9-13/h11-13,16H,5-10H2,1-4H3. The first-order valence-electron chi connectivity index (χ1n) is 8.44. The van der Waals surface area contributed by atoms with Gasteiger partial charge in [0, 0.05) is 0 Å². The Morgan fingerprint density at radius 2 is 1.65 bits per heavy atom. The number of carbonyl (C=O) groups excluding carboxylic acids is 2. The van der Waals surface area contributed by atoms with Gasteiger partial charge in [0.05, 0.1) is 6.10 Å². The van der Waals surface area contributed by atoms with Crippen molar-refractivity contribution < 1.29 is 23.9 Å². The molecule has 1 aliphatic rings. The van der Waals surface area contributed by atoms with Gasteiger partial charge in [0.25, 0.3) is 5.78 Å². The Labute approximate surface area is 138 Å². The van der Waals surface area contributed by atoms with Crippen molar-refractivity contribution in [1.82, 2.24) is 0 Å². The van der Waals surface area contributed by atoms with Crippen LogP contribution < -0.4 is 0 Å². The fourth-order valence-electron chi connectivity index (χ4n) is 2.93. The van der Waals surface area contributed by atoms with Crippen molar-refractivity contribution in [1.29, 1.82) is 0 Å². The van der Waals surface area contributed by atoms with Gasteiger partial charge >= 0.3 is 11.7 Å². The highest BCUT2D eigenvalue weighted by Gasteiger charge is 2.35. The van der Waals surface area contributed by atoms with E-state index >= 15 is 0 Å². The fraction of sp³-hybridized carbons (Fsp3) is 0.824. The lowest BCUT2D eigenvalue weighted by Gasteiger charge is -2.24. The van der Waals surface area contributed by atoms with Crippen molar-refractivity contribution >= 4 is 17.5 Å². The zero-order valence-electron chi connectivity index (χ0n) is 14.6. The predicted octanol–water partition coefficient (Wildman–Crippen LogP) is 2.80. The minimum Gasteiger partial charge on any atom is -0.453 e. The quantitative estimate of drug-likeness (QED) is 0.226. The molecule has 23 heavy (non-hydrogen) atoms. The Hall–Kier alpha value is -1.52. The van der Waals surface area contributed by atoms with Gasteiger partial charge in [-0.2, -0.15) is 4.79 Å². The van der Waals surface area contributed by atoms with E-state index in [2.05, 4.69) is 4.79 Å². The topological polar surface area (TPSA) is 89.0 Å². The molecular weight excluding hydrogens is 296 g/mol. The Morgan fingerprint density at radius 1 is 1.09 bits per heavy atom. The van der Waals surface area contributed by atoms with Gasteiger partial charge in [-0.15, -0.1) is 0 Å². The van der Waals surface area contributed by atoms with Crippen LogP contribution in [-0.2, 0) is 19.1 Å². The molecule has 1 saturated carbocycles. The predicted molar refractivity (Wildman–Crippen MR) is 86.0 cm³/mol. The van der Waals surface area contributed by atoms with E-state index in [9.17, 15) is 9.59 Å². The van der Waals surface area contributed by atoms with E-state index in [1.54, 1.807) is 0 Å². The number of ketones is 1. The van der Waals surface area contributed by atoms with Gasteiger partial charge in [0.2, 0.25) is 0 Å². The summed E-state index contributed by atoms with van der Waals surface area (Å²) in [5.41, 5.74) is 8.41. The highest BCUT2D eigenvalue weighted by molar-refractivity contribution is 6.62. The van der Waals surface area contributed by atoms with Gasteiger partial charge in [-0.25, -0.2) is 4.79 Å². The molecule has 0 atom stereocenters. The van der Waals surface area contributed by atoms with Crippen molar-refractivity contribution in [2.75, 3.05) is 6.61 Å². The lowest BCUT2D eigenvalue weighted by atomic mass is 9.96. The maximum Gasteiger partial charge on any atom is 0.443 e. The molecule has 0 heterocycles. The first-order chi connectivity index (χ1) is 10.9.